The number of aryl methyl sites for hydroxylation is 1. The lowest BCUT2D eigenvalue weighted by atomic mass is 10.1. The van der Waals surface area contributed by atoms with E-state index in [9.17, 15) is 18.0 Å². The van der Waals surface area contributed by atoms with Gasteiger partial charge in [0.2, 0.25) is 0 Å². The summed E-state index contributed by atoms with van der Waals surface area (Å²) in [6, 6.07) is 8.13. The summed E-state index contributed by atoms with van der Waals surface area (Å²) in [6.45, 7) is 3.53. The Bertz CT molecular complexity index is 810. The van der Waals surface area contributed by atoms with Crippen LogP contribution >= 0.6 is 23.2 Å². The van der Waals surface area contributed by atoms with Gasteiger partial charge in [-0.1, -0.05) is 30.1 Å². The molecule has 1 amide bonds. The standard InChI is InChI=1S/C18H16Cl2F3NO2/c1-3-16(26-12-5-7-14(19)10(2)8-12)17(25)24-11-4-6-15(20)13(9-11)18(21,22)23/h4-9,16H,3H2,1-2H3,(H,24,25)/t16-/m0/s1. The quantitative estimate of drug-likeness (QED) is 0.650. The third-order valence-electron chi connectivity index (χ3n) is 3.61. The molecule has 1 N–H and O–H groups in total. The molecule has 0 fully saturated rings. The van der Waals surface area contributed by atoms with Gasteiger partial charge in [-0.25, -0.2) is 0 Å². The summed E-state index contributed by atoms with van der Waals surface area (Å²) in [5, 5.41) is 2.56. The topological polar surface area (TPSA) is 38.3 Å². The number of amides is 1. The highest BCUT2D eigenvalue weighted by Crippen LogP contribution is 2.36. The van der Waals surface area contributed by atoms with Crippen molar-refractivity contribution >= 4 is 34.8 Å². The number of carbonyl (C=O) groups is 1. The molecule has 0 saturated heterocycles. The van der Waals surface area contributed by atoms with Gasteiger partial charge in [0, 0.05) is 10.7 Å². The van der Waals surface area contributed by atoms with Crippen LogP contribution in [0.4, 0.5) is 18.9 Å². The zero-order valence-corrected chi connectivity index (χ0v) is 15.5. The van der Waals surface area contributed by atoms with Crippen molar-refractivity contribution in [2.45, 2.75) is 32.5 Å². The Kier molecular flexibility index (Phi) is 6.42. The third-order valence-corrected chi connectivity index (χ3v) is 4.36. The first-order valence-corrected chi connectivity index (χ1v) is 8.47. The van der Waals surface area contributed by atoms with Crippen molar-refractivity contribution in [2.75, 3.05) is 5.32 Å². The summed E-state index contributed by atoms with van der Waals surface area (Å²) in [5.74, 6) is -0.114. The number of hydrogen-bond donors (Lipinski definition) is 1. The number of anilines is 1. The highest BCUT2D eigenvalue weighted by molar-refractivity contribution is 6.31. The largest absolute Gasteiger partial charge is 0.481 e. The van der Waals surface area contributed by atoms with Gasteiger partial charge in [0.15, 0.2) is 6.10 Å². The number of ether oxygens (including phenoxy) is 1. The molecule has 0 aliphatic rings. The molecule has 0 bridgehead atoms. The van der Waals surface area contributed by atoms with E-state index in [1.165, 1.54) is 6.07 Å². The van der Waals surface area contributed by atoms with Crippen molar-refractivity contribution < 1.29 is 22.7 Å². The van der Waals surface area contributed by atoms with Crippen LogP contribution in [-0.4, -0.2) is 12.0 Å². The molecule has 8 heteroatoms. The number of benzene rings is 2. The van der Waals surface area contributed by atoms with Gasteiger partial charge in [-0.05, 0) is 55.3 Å². The average Bonchev–Trinajstić information content (AvgIpc) is 2.56. The minimum Gasteiger partial charge on any atom is -0.481 e. The molecule has 1 atom stereocenters. The first-order valence-electron chi connectivity index (χ1n) is 7.72. The van der Waals surface area contributed by atoms with Crippen molar-refractivity contribution in [3.05, 3.63) is 57.6 Å². The number of carbonyl (C=O) groups excluding carboxylic acids is 1. The Balaban J connectivity index is 2.15. The highest BCUT2D eigenvalue weighted by atomic mass is 35.5. The van der Waals surface area contributed by atoms with E-state index in [2.05, 4.69) is 5.32 Å². The molecule has 0 aliphatic carbocycles. The summed E-state index contributed by atoms with van der Waals surface area (Å²) in [5.41, 5.74) is -0.243. The van der Waals surface area contributed by atoms with Gasteiger partial charge in [0.1, 0.15) is 5.75 Å². The molecule has 0 spiro atoms. The Morgan fingerprint density at radius 1 is 1.15 bits per heavy atom. The Morgan fingerprint density at radius 2 is 1.81 bits per heavy atom. The lowest BCUT2D eigenvalue weighted by Gasteiger charge is -2.18. The van der Waals surface area contributed by atoms with Gasteiger partial charge >= 0.3 is 6.18 Å². The van der Waals surface area contributed by atoms with Gasteiger partial charge < -0.3 is 10.1 Å². The minimum atomic E-state index is -4.61. The van der Waals surface area contributed by atoms with Crippen molar-refractivity contribution in [1.29, 1.82) is 0 Å². The highest BCUT2D eigenvalue weighted by Gasteiger charge is 2.33. The van der Waals surface area contributed by atoms with Crippen LogP contribution in [0.15, 0.2) is 36.4 Å². The maximum atomic E-state index is 12.9. The number of nitrogens with one attached hydrogen (secondary N) is 1. The van der Waals surface area contributed by atoms with E-state index in [1.807, 2.05) is 0 Å². The van der Waals surface area contributed by atoms with Crippen LogP contribution < -0.4 is 10.1 Å². The van der Waals surface area contributed by atoms with E-state index in [0.717, 1.165) is 17.7 Å². The lowest BCUT2D eigenvalue weighted by molar-refractivity contribution is -0.137. The summed E-state index contributed by atoms with van der Waals surface area (Å²) in [4.78, 5) is 12.4. The molecule has 0 aromatic heterocycles. The monoisotopic (exact) mass is 405 g/mol. The molecule has 0 heterocycles. The molecule has 2 aromatic rings. The Morgan fingerprint density at radius 3 is 2.38 bits per heavy atom. The predicted octanol–water partition coefficient (Wildman–Crippen LogP) is 6.12. The van der Waals surface area contributed by atoms with Crippen molar-refractivity contribution in [1.82, 2.24) is 0 Å². The molecule has 0 radical (unpaired) electrons. The lowest BCUT2D eigenvalue weighted by Crippen LogP contribution is -2.32. The third kappa shape index (κ3) is 5.05. The summed E-state index contributed by atoms with van der Waals surface area (Å²) < 4.78 is 44.4. The van der Waals surface area contributed by atoms with Crippen LogP contribution in [0.2, 0.25) is 10.0 Å². The summed E-state index contributed by atoms with van der Waals surface area (Å²) >= 11 is 11.5. The van der Waals surface area contributed by atoms with E-state index in [1.54, 1.807) is 32.0 Å². The first-order chi connectivity index (χ1) is 12.1. The van der Waals surface area contributed by atoms with Gasteiger partial charge in [0.05, 0.1) is 10.6 Å². The fourth-order valence-electron chi connectivity index (χ4n) is 2.22. The van der Waals surface area contributed by atoms with Crippen molar-refractivity contribution in [3.63, 3.8) is 0 Å². The van der Waals surface area contributed by atoms with Crippen molar-refractivity contribution in [2.24, 2.45) is 0 Å². The molecular formula is C18H16Cl2F3NO2. The molecule has 3 nitrogen and oxygen atoms in total. The first kappa shape index (κ1) is 20.4. The van der Waals surface area contributed by atoms with Crippen LogP contribution in [0.25, 0.3) is 0 Å². The number of alkyl halides is 3. The number of halogens is 5. The summed E-state index contributed by atoms with van der Waals surface area (Å²) in [7, 11) is 0. The zero-order valence-electron chi connectivity index (χ0n) is 14.0. The molecule has 2 rings (SSSR count). The van der Waals surface area contributed by atoms with Crippen LogP contribution in [0, 0.1) is 6.92 Å². The van der Waals surface area contributed by atoms with Gasteiger partial charge in [-0.15, -0.1) is 0 Å². The average molecular weight is 406 g/mol. The minimum absolute atomic E-state index is 0.0129. The number of rotatable bonds is 5. The smallest absolute Gasteiger partial charge is 0.417 e. The van der Waals surface area contributed by atoms with E-state index in [4.69, 9.17) is 27.9 Å². The van der Waals surface area contributed by atoms with Crippen LogP contribution in [-0.2, 0) is 11.0 Å². The Labute approximate surface area is 159 Å². The maximum absolute atomic E-state index is 12.9. The second kappa shape index (κ2) is 8.18. The van der Waals surface area contributed by atoms with Gasteiger partial charge in [-0.2, -0.15) is 13.2 Å². The fraction of sp³-hybridized carbons (Fsp3) is 0.278. The molecule has 0 unspecified atom stereocenters. The maximum Gasteiger partial charge on any atom is 0.417 e. The van der Waals surface area contributed by atoms with Crippen LogP contribution in [0.3, 0.4) is 0 Å². The predicted molar refractivity (Wildman–Crippen MR) is 96.0 cm³/mol. The van der Waals surface area contributed by atoms with Gasteiger partial charge in [-0.3, -0.25) is 4.79 Å². The van der Waals surface area contributed by atoms with Gasteiger partial charge in [0.25, 0.3) is 5.91 Å². The van der Waals surface area contributed by atoms with E-state index in [0.29, 0.717) is 17.2 Å². The normalized spacial score (nSPS) is 12.6. The van der Waals surface area contributed by atoms with Crippen molar-refractivity contribution in [3.8, 4) is 5.75 Å². The van der Waals surface area contributed by atoms with Crippen LogP contribution in [0.1, 0.15) is 24.5 Å². The second-order valence-electron chi connectivity index (χ2n) is 5.61. The van der Waals surface area contributed by atoms with E-state index < -0.39 is 28.8 Å². The van der Waals surface area contributed by atoms with E-state index >= 15 is 0 Å². The molecule has 0 saturated carbocycles. The SMILES string of the molecule is CC[C@H](Oc1ccc(Cl)c(C)c1)C(=O)Nc1ccc(Cl)c(C(F)(F)F)c1. The second-order valence-corrected chi connectivity index (χ2v) is 6.42. The Hall–Kier alpha value is -1.92. The van der Waals surface area contributed by atoms with E-state index in [-0.39, 0.29) is 5.69 Å². The molecule has 140 valence electrons. The fourth-order valence-corrected chi connectivity index (χ4v) is 2.56. The molecule has 0 aliphatic heterocycles. The zero-order chi connectivity index (χ0) is 19.5. The summed E-state index contributed by atoms with van der Waals surface area (Å²) in [6.07, 6.45) is -5.16. The molecule has 26 heavy (non-hydrogen) atoms. The number of hydrogen-bond acceptors (Lipinski definition) is 2. The molecular weight excluding hydrogens is 390 g/mol. The molecule has 2 aromatic carbocycles. The van der Waals surface area contributed by atoms with Crippen LogP contribution in [0.5, 0.6) is 5.75 Å².